The van der Waals surface area contributed by atoms with Gasteiger partial charge in [0.05, 0.1) is 5.52 Å². The van der Waals surface area contributed by atoms with Gasteiger partial charge in [0, 0.05) is 11.1 Å². The Hall–Kier alpha value is -2.95. The van der Waals surface area contributed by atoms with Crippen molar-refractivity contribution in [2.75, 3.05) is 10.6 Å². The summed E-state index contributed by atoms with van der Waals surface area (Å²) in [5.41, 5.74) is 2.73. The van der Waals surface area contributed by atoms with Gasteiger partial charge in [-0.3, -0.25) is 4.79 Å². The van der Waals surface area contributed by atoms with E-state index in [1.807, 2.05) is 62.4 Å². The van der Waals surface area contributed by atoms with Gasteiger partial charge < -0.3 is 10.6 Å². The molecule has 1 heterocycles. The smallest absolute Gasteiger partial charge is 0.246 e. The quantitative estimate of drug-likeness (QED) is 0.775. The number of amides is 1. The third-order valence-electron chi connectivity index (χ3n) is 3.57. The molecule has 0 aliphatic heterocycles. The van der Waals surface area contributed by atoms with E-state index in [0.717, 1.165) is 22.2 Å². The second-order valence-electron chi connectivity index (χ2n) is 5.46. The lowest BCUT2D eigenvalue weighted by atomic mass is 10.2. The first kappa shape index (κ1) is 15.0. The summed E-state index contributed by atoms with van der Waals surface area (Å²) in [6, 6.07) is 15.0. The monoisotopic (exact) mass is 306 g/mol. The number of fused-ring (bicyclic) bond motifs is 1. The van der Waals surface area contributed by atoms with E-state index >= 15 is 0 Å². The maximum atomic E-state index is 12.3. The molecule has 2 aromatic carbocycles. The number of nitrogens with zero attached hydrogens (tertiary/aromatic N) is 2. The molecule has 3 aromatic rings. The van der Waals surface area contributed by atoms with Crippen molar-refractivity contribution >= 4 is 28.3 Å². The lowest BCUT2D eigenvalue weighted by Gasteiger charge is -2.16. The van der Waals surface area contributed by atoms with E-state index < -0.39 is 6.04 Å². The van der Waals surface area contributed by atoms with Crippen molar-refractivity contribution < 1.29 is 4.79 Å². The molecular weight excluding hydrogens is 288 g/mol. The lowest BCUT2D eigenvalue weighted by molar-refractivity contribution is -0.116. The highest BCUT2D eigenvalue weighted by atomic mass is 16.2. The third-order valence-corrected chi connectivity index (χ3v) is 3.57. The molecule has 0 aliphatic carbocycles. The third kappa shape index (κ3) is 3.45. The van der Waals surface area contributed by atoms with Crippen molar-refractivity contribution in [3.63, 3.8) is 0 Å². The Morgan fingerprint density at radius 3 is 2.74 bits per heavy atom. The zero-order valence-electron chi connectivity index (χ0n) is 13.1. The van der Waals surface area contributed by atoms with Crippen molar-refractivity contribution in [2.24, 2.45) is 0 Å². The predicted octanol–water partition coefficient (Wildman–Crippen LogP) is 3.38. The average molecular weight is 306 g/mol. The fourth-order valence-corrected chi connectivity index (χ4v) is 2.36. The largest absolute Gasteiger partial charge is 0.358 e. The van der Waals surface area contributed by atoms with Gasteiger partial charge in [0.2, 0.25) is 5.91 Å². The summed E-state index contributed by atoms with van der Waals surface area (Å²) in [6.45, 7) is 3.80. The van der Waals surface area contributed by atoms with Gasteiger partial charge in [-0.1, -0.05) is 24.3 Å². The maximum absolute atomic E-state index is 12.3. The molecule has 0 saturated heterocycles. The first-order valence-electron chi connectivity index (χ1n) is 7.47. The van der Waals surface area contributed by atoms with E-state index in [4.69, 9.17) is 0 Å². The molecule has 1 unspecified atom stereocenters. The predicted molar refractivity (Wildman–Crippen MR) is 92.4 cm³/mol. The highest BCUT2D eigenvalue weighted by molar-refractivity contribution is 5.98. The van der Waals surface area contributed by atoms with Crippen molar-refractivity contribution in [3.05, 3.63) is 60.4 Å². The van der Waals surface area contributed by atoms with E-state index in [-0.39, 0.29) is 5.91 Å². The minimum atomic E-state index is -0.422. The molecular formula is C18H18N4O. The molecule has 2 N–H and O–H groups in total. The van der Waals surface area contributed by atoms with Gasteiger partial charge in [-0.05, 0) is 43.7 Å². The Balaban J connectivity index is 1.75. The van der Waals surface area contributed by atoms with Crippen molar-refractivity contribution in [1.29, 1.82) is 0 Å². The van der Waals surface area contributed by atoms with E-state index in [1.165, 1.54) is 6.33 Å². The SMILES string of the molecule is Cc1cccc(NC(=O)C(C)Nc2ncnc3ccccc23)c1. The van der Waals surface area contributed by atoms with Crippen molar-refractivity contribution in [2.45, 2.75) is 19.9 Å². The molecule has 0 saturated carbocycles. The van der Waals surface area contributed by atoms with Crippen LogP contribution in [0.4, 0.5) is 11.5 Å². The minimum Gasteiger partial charge on any atom is -0.358 e. The van der Waals surface area contributed by atoms with Crippen molar-refractivity contribution in [3.8, 4) is 0 Å². The summed E-state index contributed by atoms with van der Waals surface area (Å²) < 4.78 is 0. The van der Waals surface area contributed by atoms with Crippen LogP contribution < -0.4 is 10.6 Å². The molecule has 116 valence electrons. The molecule has 3 rings (SSSR count). The average Bonchev–Trinajstić information content (AvgIpc) is 2.55. The zero-order chi connectivity index (χ0) is 16.2. The fraction of sp³-hybridized carbons (Fsp3) is 0.167. The van der Waals surface area contributed by atoms with Crippen LogP contribution in [0.5, 0.6) is 0 Å². The molecule has 0 aliphatic rings. The lowest BCUT2D eigenvalue weighted by Crippen LogP contribution is -2.32. The van der Waals surface area contributed by atoms with Gasteiger partial charge in [-0.15, -0.1) is 0 Å². The van der Waals surface area contributed by atoms with E-state index in [2.05, 4.69) is 20.6 Å². The van der Waals surface area contributed by atoms with E-state index in [0.29, 0.717) is 5.82 Å². The van der Waals surface area contributed by atoms with Crippen LogP contribution in [0.15, 0.2) is 54.9 Å². The molecule has 0 spiro atoms. The van der Waals surface area contributed by atoms with Gasteiger partial charge in [-0.25, -0.2) is 9.97 Å². The topological polar surface area (TPSA) is 66.9 Å². The number of hydrogen-bond donors (Lipinski definition) is 2. The van der Waals surface area contributed by atoms with Gasteiger partial charge in [0.25, 0.3) is 0 Å². The van der Waals surface area contributed by atoms with Crippen LogP contribution in [0.25, 0.3) is 10.9 Å². The highest BCUT2D eigenvalue weighted by Crippen LogP contribution is 2.19. The molecule has 1 aromatic heterocycles. The van der Waals surface area contributed by atoms with E-state index in [9.17, 15) is 4.79 Å². The van der Waals surface area contributed by atoms with Crippen LogP contribution in [0, 0.1) is 6.92 Å². The number of rotatable bonds is 4. The summed E-state index contributed by atoms with van der Waals surface area (Å²) in [6.07, 6.45) is 1.50. The number of aromatic nitrogens is 2. The van der Waals surface area contributed by atoms with Crippen LogP contribution in [0.1, 0.15) is 12.5 Å². The number of aryl methyl sites for hydroxylation is 1. The molecule has 1 atom stereocenters. The first-order valence-corrected chi connectivity index (χ1v) is 7.47. The maximum Gasteiger partial charge on any atom is 0.246 e. The highest BCUT2D eigenvalue weighted by Gasteiger charge is 2.15. The number of hydrogen-bond acceptors (Lipinski definition) is 4. The summed E-state index contributed by atoms with van der Waals surface area (Å²) >= 11 is 0. The number of anilines is 2. The fourth-order valence-electron chi connectivity index (χ4n) is 2.36. The molecule has 5 heteroatoms. The standard InChI is InChI=1S/C18H18N4O/c1-12-6-5-7-14(10-12)22-18(23)13(2)21-17-15-8-3-4-9-16(15)19-11-20-17/h3-11,13H,1-2H3,(H,22,23)(H,19,20,21). The number of nitrogens with one attached hydrogen (secondary N) is 2. The van der Waals surface area contributed by atoms with Crippen LogP contribution in [0.3, 0.4) is 0 Å². The Bertz CT molecular complexity index is 842. The van der Waals surface area contributed by atoms with Gasteiger partial charge in [0.15, 0.2) is 0 Å². The van der Waals surface area contributed by atoms with Crippen LogP contribution in [-0.2, 0) is 4.79 Å². The number of carbonyl (C=O) groups is 1. The van der Waals surface area contributed by atoms with Gasteiger partial charge in [0.1, 0.15) is 18.2 Å². The number of carbonyl (C=O) groups excluding carboxylic acids is 1. The van der Waals surface area contributed by atoms with Crippen LogP contribution in [0.2, 0.25) is 0 Å². The Morgan fingerprint density at radius 1 is 1.09 bits per heavy atom. The molecule has 1 amide bonds. The number of para-hydroxylation sites is 1. The van der Waals surface area contributed by atoms with Crippen LogP contribution >= 0.6 is 0 Å². The molecule has 23 heavy (non-hydrogen) atoms. The second-order valence-corrected chi connectivity index (χ2v) is 5.46. The second kappa shape index (κ2) is 6.44. The van der Waals surface area contributed by atoms with Crippen molar-refractivity contribution in [1.82, 2.24) is 9.97 Å². The van der Waals surface area contributed by atoms with Gasteiger partial charge in [-0.2, -0.15) is 0 Å². The Labute approximate surface area is 134 Å². The minimum absolute atomic E-state index is 0.113. The van der Waals surface area contributed by atoms with E-state index in [1.54, 1.807) is 0 Å². The molecule has 0 bridgehead atoms. The number of benzene rings is 2. The molecule has 5 nitrogen and oxygen atoms in total. The zero-order valence-corrected chi connectivity index (χ0v) is 13.1. The molecule has 0 radical (unpaired) electrons. The molecule has 0 fully saturated rings. The Kier molecular flexibility index (Phi) is 4.19. The summed E-state index contributed by atoms with van der Waals surface area (Å²) in [5, 5.41) is 6.96. The normalized spacial score (nSPS) is 11.9. The summed E-state index contributed by atoms with van der Waals surface area (Å²) in [7, 11) is 0. The Morgan fingerprint density at radius 2 is 1.91 bits per heavy atom. The summed E-state index contributed by atoms with van der Waals surface area (Å²) in [5.74, 6) is 0.542. The first-order chi connectivity index (χ1) is 11.1. The van der Waals surface area contributed by atoms with Crippen LogP contribution in [-0.4, -0.2) is 21.9 Å². The van der Waals surface area contributed by atoms with Gasteiger partial charge >= 0.3 is 0 Å². The summed E-state index contributed by atoms with van der Waals surface area (Å²) in [4.78, 5) is 20.8.